The van der Waals surface area contributed by atoms with E-state index in [0.29, 0.717) is 5.13 Å². The summed E-state index contributed by atoms with van der Waals surface area (Å²) in [6.07, 6.45) is 1.74. The third-order valence-electron chi connectivity index (χ3n) is 3.40. The van der Waals surface area contributed by atoms with E-state index in [-0.39, 0.29) is 0 Å². The van der Waals surface area contributed by atoms with E-state index < -0.39 is 11.9 Å². The number of hydrogen-bond acceptors (Lipinski definition) is 4. The molecule has 0 atom stereocenters. The van der Waals surface area contributed by atoms with Gasteiger partial charge in [-0.1, -0.05) is 54.6 Å². The lowest BCUT2D eigenvalue weighted by Gasteiger charge is -2.02. The summed E-state index contributed by atoms with van der Waals surface area (Å²) in [6, 6.07) is 18.1. The van der Waals surface area contributed by atoms with Crippen molar-refractivity contribution >= 4 is 28.3 Å². The Morgan fingerprint density at radius 2 is 1.56 bits per heavy atom. The molecule has 6 heteroatoms. The summed E-state index contributed by atoms with van der Waals surface area (Å²) in [4.78, 5) is 26.3. The van der Waals surface area contributed by atoms with Crippen LogP contribution in [0, 0.1) is 0 Å². The van der Waals surface area contributed by atoms with Gasteiger partial charge in [-0.25, -0.2) is 9.78 Å². The van der Waals surface area contributed by atoms with Crippen molar-refractivity contribution in [2.75, 3.05) is 5.32 Å². The molecule has 3 aromatic rings. The molecule has 124 valence electrons. The summed E-state index contributed by atoms with van der Waals surface area (Å²) in [7, 11) is 0. The predicted octanol–water partition coefficient (Wildman–Crippen LogP) is 4.06. The van der Waals surface area contributed by atoms with E-state index in [1.165, 1.54) is 11.3 Å². The maximum atomic E-state index is 11.6. The smallest absolute Gasteiger partial charge is 0.328 e. The van der Waals surface area contributed by atoms with Crippen LogP contribution in [0.15, 0.2) is 72.1 Å². The van der Waals surface area contributed by atoms with Gasteiger partial charge in [0.05, 0.1) is 5.69 Å². The number of carboxylic acid groups (broad SMARTS) is 1. The Kier molecular flexibility index (Phi) is 5.01. The number of nitrogens with one attached hydrogen (secondary N) is 1. The molecule has 2 N–H and O–H groups in total. The molecule has 0 aliphatic carbocycles. The SMILES string of the molecule is O=C(O)C=CC(=O)Nc1nc(-c2ccc(-c3ccccc3)cc2)cs1. The Morgan fingerprint density at radius 1 is 0.920 bits per heavy atom. The van der Waals surface area contributed by atoms with Gasteiger partial charge in [0.25, 0.3) is 0 Å². The third-order valence-corrected chi connectivity index (χ3v) is 4.16. The number of aromatic nitrogens is 1. The first-order valence-corrected chi connectivity index (χ1v) is 8.33. The second-order valence-corrected chi connectivity index (χ2v) is 6.00. The summed E-state index contributed by atoms with van der Waals surface area (Å²) in [5, 5.41) is 13.3. The van der Waals surface area contributed by atoms with Gasteiger partial charge in [-0.3, -0.25) is 10.1 Å². The zero-order valence-electron chi connectivity index (χ0n) is 13.0. The second-order valence-electron chi connectivity index (χ2n) is 5.14. The number of benzene rings is 2. The Labute approximate surface area is 148 Å². The predicted molar refractivity (Wildman–Crippen MR) is 98.4 cm³/mol. The molecule has 0 saturated heterocycles. The van der Waals surface area contributed by atoms with Gasteiger partial charge in [-0.05, 0) is 11.1 Å². The van der Waals surface area contributed by atoms with Crippen molar-refractivity contribution < 1.29 is 14.7 Å². The molecule has 0 aliphatic heterocycles. The minimum absolute atomic E-state index is 0.419. The van der Waals surface area contributed by atoms with Crippen LogP contribution >= 0.6 is 11.3 Å². The second kappa shape index (κ2) is 7.55. The van der Waals surface area contributed by atoms with Crippen molar-refractivity contribution in [3.63, 3.8) is 0 Å². The Hall–Kier alpha value is -3.25. The van der Waals surface area contributed by atoms with Gasteiger partial charge >= 0.3 is 5.97 Å². The standard InChI is InChI=1S/C19H14N2O3S/c22-17(10-11-18(23)24)21-19-20-16(12-25-19)15-8-6-14(7-9-15)13-4-2-1-3-5-13/h1-12H,(H,23,24)(H,20,21,22). The average molecular weight is 350 g/mol. The van der Waals surface area contributed by atoms with Crippen LogP contribution in [-0.4, -0.2) is 22.0 Å². The number of thiazole rings is 1. The number of hydrogen-bond donors (Lipinski definition) is 2. The largest absolute Gasteiger partial charge is 0.478 e. The van der Waals surface area contributed by atoms with E-state index in [0.717, 1.165) is 34.5 Å². The van der Waals surface area contributed by atoms with Crippen molar-refractivity contribution in [2.45, 2.75) is 0 Å². The van der Waals surface area contributed by atoms with Crippen LogP contribution in [0.4, 0.5) is 5.13 Å². The first-order chi connectivity index (χ1) is 12.1. The third kappa shape index (κ3) is 4.39. The van der Waals surface area contributed by atoms with Crippen LogP contribution < -0.4 is 5.32 Å². The normalized spacial score (nSPS) is 10.7. The monoisotopic (exact) mass is 350 g/mol. The van der Waals surface area contributed by atoms with Crippen molar-refractivity contribution in [1.82, 2.24) is 4.98 Å². The highest BCUT2D eigenvalue weighted by atomic mass is 32.1. The van der Waals surface area contributed by atoms with Crippen molar-refractivity contribution in [3.05, 3.63) is 72.1 Å². The van der Waals surface area contributed by atoms with Gasteiger partial charge in [0.2, 0.25) is 5.91 Å². The summed E-state index contributed by atoms with van der Waals surface area (Å²) < 4.78 is 0. The zero-order chi connectivity index (χ0) is 17.6. The molecular formula is C19H14N2O3S. The van der Waals surface area contributed by atoms with E-state index in [1.54, 1.807) is 0 Å². The van der Waals surface area contributed by atoms with Crippen molar-refractivity contribution in [1.29, 1.82) is 0 Å². The van der Waals surface area contributed by atoms with Crippen molar-refractivity contribution in [3.8, 4) is 22.4 Å². The number of rotatable bonds is 5. The number of carbonyl (C=O) groups is 2. The molecule has 0 spiro atoms. The van der Waals surface area contributed by atoms with Gasteiger partial charge in [0.15, 0.2) is 5.13 Å². The maximum absolute atomic E-state index is 11.6. The number of nitrogens with zero attached hydrogens (tertiary/aromatic N) is 1. The molecule has 1 aromatic heterocycles. The lowest BCUT2D eigenvalue weighted by molar-refractivity contribution is -0.131. The average Bonchev–Trinajstić information content (AvgIpc) is 3.09. The fourth-order valence-electron chi connectivity index (χ4n) is 2.22. The molecule has 0 aliphatic rings. The van der Waals surface area contributed by atoms with Crippen LogP contribution in [-0.2, 0) is 9.59 Å². The fourth-order valence-corrected chi connectivity index (χ4v) is 2.94. The molecule has 1 amide bonds. The molecule has 2 aromatic carbocycles. The van der Waals surface area contributed by atoms with Crippen molar-refractivity contribution in [2.24, 2.45) is 0 Å². The van der Waals surface area contributed by atoms with E-state index in [2.05, 4.69) is 22.4 Å². The van der Waals surface area contributed by atoms with Gasteiger partial charge < -0.3 is 5.11 Å². The van der Waals surface area contributed by atoms with Crippen LogP contribution in [0.5, 0.6) is 0 Å². The molecule has 25 heavy (non-hydrogen) atoms. The highest BCUT2D eigenvalue weighted by molar-refractivity contribution is 7.14. The Morgan fingerprint density at radius 3 is 2.24 bits per heavy atom. The molecule has 0 saturated carbocycles. The van der Waals surface area contributed by atoms with E-state index in [9.17, 15) is 9.59 Å². The minimum Gasteiger partial charge on any atom is -0.478 e. The quantitative estimate of drug-likeness (QED) is 0.680. The number of anilines is 1. The molecule has 3 rings (SSSR count). The number of carbonyl (C=O) groups excluding carboxylic acids is 1. The number of carboxylic acids is 1. The summed E-state index contributed by atoms with van der Waals surface area (Å²) in [5.41, 5.74) is 3.96. The van der Waals surface area contributed by atoms with Gasteiger partial charge in [0.1, 0.15) is 0 Å². The van der Waals surface area contributed by atoms with Gasteiger partial charge in [-0.2, -0.15) is 0 Å². The Bertz CT molecular complexity index is 915. The number of amides is 1. The summed E-state index contributed by atoms with van der Waals surface area (Å²) in [6.45, 7) is 0. The molecule has 0 unspecified atom stereocenters. The minimum atomic E-state index is -1.17. The highest BCUT2D eigenvalue weighted by Gasteiger charge is 2.07. The lowest BCUT2D eigenvalue weighted by Crippen LogP contribution is -2.08. The highest BCUT2D eigenvalue weighted by Crippen LogP contribution is 2.27. The maximum Gasteiger partial charge on any atom is 0.328 e. The molecule has 5 nitrogen and oxygen atoms in total. The van der Waals surface area contributed by atoms with Crippen LogP contribution in [0.2, 0.25) is 0 Å². The first-order valence-electron chi connectivity index (χ1n) is 7.45. The summed E-state index contributed by atoms with van der Waals surface area (Å²) >= 11 is 1.28. The van der Waals surface area contributed by atoms with E-state index in [1.807, 2.05) is 47.8 Å². The van der Waals surface area contributed by atoms with Gasteiger partial charge in [0, 0.05) is 23.1 Å². The molecule has 0 fully saturated rings. The van der Waals surface area contributed by atoms with E-state index >= 15 is 0 Å². The Balaban J connectivity index is 1.72. The van der Waals surface area contributed by atoms with Crippen LogP contribution in [0.25, 0.3) is 22.4 Å². The molecular weight excluding hydrogens is 336 g/mol. The molecule has 0 radical (unpaired) electrons. The fraction of sp³-hybridized carbons (Fsp3) is 0. The van der Waals surface area contributed by atoms with Gasteiger partial charge in [-0.15, -0.1) is 11.3 Å². The van der Waals surface area contributed by atoms with E-state index in [4.69, 9.17) is 5.11 Å². The molecule has 0 bridgehead atoms. The first kappa shape index (κ1) is 16.6. The van der Waals surface area contributed by atoms with Crippen LogP contribution in [0.1, 0.15) is 0 Å². The lowest BCUT2D eigenvalue weighted by atomic mass is 10.0. The zero-order valence-corrected chi connectivity index (χ0v) is 13.9. The topological polar surface area (TPSA) is 79.3 Å². The number of aliphatic carboxylic acids is 1. The van der Waals surface area contributed by atoms with Crippen LogP contribution in [0.3, 0.4) is 0 Å². The molecule has 1 heterocycles. The summed E-state index contributed by atoms with van der Waals surface area (Å²) in [5.74, 6) is -1.70.